The topological polar surface area (TPSA) is 21.3 Å². The number of benzene rings is 1. The molecule has 0 aromatic heterocycles. The quantitative estimate of drug-likeness (QED) is 0.797. The molecule has 0 spiro atoms. The molecule has 0 amide bonds. The lowest BCUT2D eigenvalue weighted by Gasteiger charge is -2.18. The van der Waals surface area contributed by atoms with E-state index in [0.717, 1.165) is 30.0 Å². The molecule has 98 valence electrons. The van der Waals surface area contributed by atoms with Crippen molar-refractivity contribution in [1.29, 1.82) is 0 Å². The van der Waals surface area contributed by atoms with Gasteiger partial charge in [0.2, 0.25) is 0 Å². The van der Waals surface area contributed by atoms with Gasteiger partial charge in [-0.15, -0.1) is 0 Å². The van der Waals surface area contributed by atoms with Crippen molar-refractivity contribution in [2.24, 2.45) is 11.8 Å². The average Bonchev–Trinajstić information content (AvgIpc) is 3.28. The molecule has 18 heavy (non-hydrogen) atoms. The highest BCUT2D eigenvalue weighted by atomic mass is 16.5. The second-order valence-electron chi connectivity index (χ2n) is 5.80. The minimum absolute atomic E-state index is 0.793. The van der Waals surface area contributed by atoms with Crippen LogP contribution in [-0.4, -0.2) is 19.7 Å². The first kappa shape index (κ1) is 12.0. The second-order valence-corrected chi connectivity index (χ2v) is 5.80. The Morgan fingerprint density at radius 2 is 2.00 bits per heavy atom. The fourth-order valence-electron chi connectivity index (χ4n) is 2.73. The number of para-hydroxylation sites is 1. The van der Waals surface area contributed by atoms with E-state index in [1.54, 1.807) is 7.11 Å². The van der Waals surface area contributed by atoms with E-state index in [1.165, 1.54) is 37.8 Å². The Balaban J connectivity index is 1.63. The Labute approximate surface area is 110 Å². The number of nitrogens with one attached hydrogen (secondary N) is 1. The molecule has 0 saturated heterocycles. The maximum atomic E-state index is 5.46. The molecule has 2 aliphatic carbocycles. The number of hydrogen-bond donors (Lipinski definition) is 1. The summed E-state index contributed by atoms with van der Waals surface area (Å²) in [6.45, 7) is 1.19. The third kappa shape index (κ3) is 3.05. The highest BCUT2D eigenvalue weighted by molar-refractivity contribution is 5.33. The third-order valence-corrected chi connectivity index (χ3v) is 4.21. The first-order valence-electron chi connectivity index (χ1n) is 7.22. The van der Waals surface area contributed by atoms with Crippen LogP contribution in [0.25, 0.3) is 0 Å². The largest absolute Gasteiger partial charge is 0.496 e. The van der Waals surface area contributed by atoms with Gasteiger partial charge in [0.05, 0.1) is 7.11 Å². The first-order valence-corrected chi connectivity index (χ1v) is 7.22. The molecule has 0 heterocycles. The molecular formula is C16H23NO. The first-order chi connectivity index (χ1) is 8.86. The molecule has 2 aliphatic rings. The maximum Gasteiger partial charge on any atom is 0.122 e. The van der Waals surface area contributed by atoms with E-state index in [4.69, 9.17) is 4.74 Å². The van der Waals surface area contributed by atoms with Gasteiger partial charge in [-0.3, -0.25) is 0 Å². The predicted molar refractivity (Wildman–Crippen MR) is 73.9 cm³/mol. The Morgan fingerprint density at radius 1 is 1.22 bits per heavy atom. The van der Waals surface area contributed by atoms with Gasteiger partial charge in [-0.1, -0.05) is 18.2 Å². The second kappa shape index (κ2) is 5.31. The molecule has 0 aliphatic heterocycles. The van der Waals surface area contributed by atoms with E-state index < -0.39 is 0 Å². The average molecular weight is 245 g/mol. The molecule has 1 atom stereocenters. The van der Waals surface area contributed by atoms with Gasteiger partial charge in [-0.05, 0) is 62.1 Å². The molecular weight excluding hydrogens is 222 g/mol. The predicted octanol–water partition coefficient (Wildman–Crippen LogP) is 3.02. The van der Waals surface area contributed by atoms with Gasteiger partial charge in [0.15, 0.2) is 0 Å². The summed E-state index contributed by atoms with van der Waals surface area (Å²) in [6, 6.07) is 9.29. The van der Waals surface area contributed by atoms with Gasteiger partial charge in [0.1, 0.15) is 5.75 Å². The van der Waals surface area contributed by atoms with Crippen LogP contribution in [0.15, 0.2) is 24.3 Å². The van der Waals surface area contributed by atoms with Crippen LogP contribution < -0.4 is 10.1 Å². The Hall–Kier alpha value is -1.02. The van der Waals surface area contributed by atoms with Crippen molar-refractivity contribution in [1.82, 2.24) is 5.32 Å². The maximum absolute atomic E-state index is 5.46. The number of ether oxygens (including phenoxy) is 1. The summed E-state index contributed by atoms with van der Waals surface area (Å²) in [5, 5.41) is 3.69. The van der Waals surface area contributed by atoms with Crippen LogP contribution in [0.5, 0.6) is 5.75 Å². The monoisotopic (exact) mass is 245 g/mol. The van der Waals surface area contributed by atoms with E-state index in [1.807, 2.05) is 0 Å². The smallest absolute Gasteiger partial charge is 0.122 e. The standard InChI is InChI=1S/C16H23NO/c1-18-16-5-3-2-4-13(16)10-14(12-6-7-12)11-17-15-8-9-15/h2-5,12,14-15,17H,6-11H2,1H3. The van der Waals surface area contributed by atoms with E-state index in [2.05, 4.69) is 29.6 Å². The van der Waals surface area contributed by atoms with Crippen molar-refractivity contribution in [2.75, 3.05) is 13.7 Å². The zero-order valence-electron chi connectivity index (χ0n) is 11.2. The van der Waals surface area contributed by atoms with Gasteiger partial charge in [0, 0.05) is 6.04 Å². The van der Waals surface area contributed by atoms with Crippen molar-refractivity contribution in [3.05, 3.63) is 29.8 Å². The minimum Gasteiger partial charge on any atom is -0.496 e. The lowest BCUT2D eigenvalue weighted by Crippen LogP contribution is -2.27. The van der Waals surface area contributed by atoms with Crippen molar-refractivity contribution in [2.45, 2.75) is 38.1 Å². The summed E-state index contributed by atoms with van der Waals surface area (Å²) in [4.78, 5) is 0. The van der Waals surface area contributed by atoms with Crippen LogP contribution in [0.3, 0.4) is 0 Å². The van der Waals surface area contributed by atoms with Gasteiger partial charge in [-0.2, -0.15) is 0 Å². The van der Waals surface area contributed by atoms with Gasteiger partial charge < -0.3 is 10.1 Å². The highest BCUT2D eigenvalue weighted by Crippen LogP contribution is 2.39. The fourth-order valence-corrected chi connectivity index (χ4v) is 2.73. The van der Waals surface area contributed by atoms with Crippen LogP contribution in [0.4, 0.5) is 0 Å². The Kier molecular flexibility index (Phi) is 3.55. The van der Waals surface area contributed by atoms with Crippen LogP contribution in [0.1, 0.15) is 31.2 Å². The van der Waals surface area contributed by atoms with Crippen LogP contribution in [0, 0.1) is 11.8 Å². The summed E-state index contributed by atoms with van der Waals surface area (Å²) < 4.78 is 5.46. The third-order valence-electron chi connectivity index (χ3n) is 4.21. The molecule has 1 unspecified atom stereocenters. The summed E-state index contributed by atoms with van der Waals surface area (Å²) in [6.07, 6.45) is 6.77. The molecule has 0 bridgehead atoms. The summed E-state index contributed by atoms with van der Waals surface area (Å²) in [5.41, 5.74) is 1.37. The van der Waals surface area contributed by atoms with Crippen LogP contribution in [-0.2, 0) is 6.42 Å². The summed E-state index contributed by atoms with van der Waals surface area (Å²) in [7, 11) is 1.77. The fraction of sp³-hybridized carbons (Fsp3) is 0.625. The summed E-state index contributed by atoms with van der Waals surface area (Å²) >= 11 is 0. The van der Waals surface area contributed by atoms with Gasteiger partial charge >= 0.3 is 0 Å². The van der Waals surface area contributed by atoms with Gasteiger partial charge in [-0.25, -0.2) is 0 Å². The SMILES string of the molecule is COc1ccccc1CC(CNC1CC1)C1CC1. The van der Waals surface area contributed by atoms with Crippen LogP contribution >= 0.6 is 0 Å². The zero-order chi connectivity index (χ0) is 12.4. The van der Waals surface area contributed by atoms with Crippen molar-refractivity contribution in [3.63, 3.8) is 0 Å². The molecule has 1 N–H and O–H groups in total. The Morgan fingerprint density at radius 3 is 2.67 bits per heavy atom. The van der Waals surface area contributed by atoms with Gasteiger partial charge in [0.25, 0.3) is 0 Å². The summed E-state index contributed by atoms with van der Waals surface area (Å²) in [5.74, 6) is 2.79. The van der Waals surface area contributed by atoms with Crippen molar-refractivity contribution < 1.29 is 4.74 Å². The molecule has 1 aromatic carbocycles. The van der Waals surface area contributed by atoms with Crippen molar-refractivity contribution in [3.8, 4) is 5.75 Å². The molecule has 1 aromatic rings. The molecule has 0 radical (unpaired) electrons. The lowest BCUT2D eigenvalue weighted by atomic mass is 9.94. The van der Waals surface area contributed by atoms with Crippen LogP contribution in [0.2, 0.25) is 0 Å². The molecule has 2 fully saturated rings. The normalized spacial score (nSPS) is 20.7. The molecule has 2 heteroatoms. The van der Waals surface area contributed by atoms with Crippen molar-refractivity contribution >= 4 is 0 Å². The van der Waals surface area contributed by atoms with E-state index in [0.29, 0.717) is 0 Å². The minimum atomic E-state index is 0.793. The van der Waals surface area contributed by atoms with E-state index >= 15 is 0 Å². The molecule has 2 saturated carbocycles. The molecule has 3 rings (SSSR count). The lowest BCUT2D eigenvalue weighted by molar-refractivity contribution is 0.389. The highest BCUT2D eigenvalue weighted by Gasteiger charge is 2.32. The van der Waals surface area contributed by atoms with E-state index in [9.17, 15) is 0 Å². The van der Waals surface area contributed by atoms with E-state index in [-0.39, 0.29) is 0 Å². The number of rotatable bonds is 7. The molecule has 2 nitrogen and oxygen atoms in total. The number of hydrogen-bond acceptors (Lipinski definition) is 2. The number of methoxy groups -OCH3 is 1. The zero-order valence-corrected chi connectivity index (χ0v) is 11.2. The Bertz CT molecular complexity index is 396.